The van der Waals surface area contributed by atoms with Crippen LogP contribution < -0.4 is 5.32 Å². The number of nitrogens with one attached hydrogen (secondary N) is 1. The van der Waals surface area contributed by atoms with Gasteiger partial charge in [-0.2, -0.15) is 0 Å². The van der Waals surface area contributed by atoms with E-state index >= 15 is 0 Å². The number of amides is 1. The monoisotopic (exact) mass is 381 g/mol. The number of hydrogen-bond donors (Lipinski definition) is 1. The number of benzene rings is 2. The van der Waals surface area contributed by atoms with Gasteiger partial charge in [0.25, 0.3) is 5.91 Å². The molecule has 4 rings (SSSR count). The van der Waals surface area contributed by atoms with E-state index in [0.717, 1.165) is 16.7 Å². The van der Waals surface area contributed by atoms with Gasteiger partial charge in [0.05, 0.1) is 15.7 Å². The maximum absolute atomic E-state index is 13.2. The number of halogens is 1. The molecule has 0 bridgehead atoms. The van der Waals surface area contributed by atoms with Gasteiger partial charge in [-0.05, 0) is 30.3 Å². The van der Waals surface area contributed by atoms with Crippen LogP contribution in [0.2, 0.25) is 0 Å². The van der Waals surface area contributed by atoms with Crippen LogP contribution in [-0.4, -0.2) is 28.5 Å². The smallest absolute Gasteiger partial charge is 0.357 e. The number of anilines is 1. The number of esters is 1. The summed E-state index contributed by atoms with van der Waals surface area (Å²) in [5, 5.41) is 3.74. The lowest BCUT2D eigenvalue weighted by Gasteiger charge is -2.05. The second-order valence-electron chi connectivity index (χ2n) is 5.64. The summed E-state index contributed by atoms with van der Waals surface area (Å²) in [7, 11) is 0. The molecule has 134 valence electrons. The van der Waals surface area contributed by atoms with Crippen molar-refractivity contribution in [2.24, 2.45) is 0 Å². The van der Waals surface area contributed by atoms with Crippen molar-refractivity contribution in [1.82, 2.24) is 9.97 Å². The Morgan fingerprint density at radius 1 is 1.04 bits per heavy atom. The van der Waals surface area contributed by atoms with E-state index < -0.39 is 18.5 Å². The van der Waals surface area contributed by atoms with E-state index in [0.29, 0.717) is 20.9 Å². The van der Waals surface area contributed by atoms with Crippen LogP contribution >= 0.6 is 11.3 Å². The van der Waals surface area contributed by atoms with Crippen molar-refractivity contribution in [3.63, 3.8) is 0 Å². The van der Waals surface area contributed by atoms with E-state index in [2.05, 4.69) is 15.3 Å². The maximum atomic E-state index is 13.2. The minimum absolute atomic E-state index is 0.122. The van der Waals surface area contributed by atoms with Gasteiger partial charge in [0.2, 0.25) is 0 Å². The number of hydrogen-bond acceptors (Lipinski definition) is 6. The van der Waals surface area contributed by atoms with E-state index in [9.17, 15) is 14.0 Å². The molecule has 8 heteroatoms. The second kappa shape index (κ2) is 7.08. The number of carbonyl (C=O) groups excluding carboxylic acids is 2. The van der Waals surface area contributed by atoms with E-state index in [1.807, 2.05) is 18.2 Å². The molecule has 2 heterocycles. The topological polar surface area (TPSA) is 81.2 Å². The first kappa shape index (κ1) is 17.0. The van der Waals surface area contributed by atoms with Gasteiger partial charge < -0.3 is 4.74 Å². The molecule has 4 aromatic rings. The quantitative estimate of drug-likeness (QED) is 0.544. The van der Waals surface area contributed by atoms with E-state index in [-0.39, 0.29) is 11.5 Å². The molecule has 2 aromatic carbocycles. The lowest BCUT2D eigenvalue weighted by atomic mass is 10.2. The third-order valence-electron chi connectivity index (χ3n) is 3.74. The van der Waals surface area contributed by atoms with E-state index in [1.165, 1.54) is 18.2 Å². The third kappa shape index (κ3) is 3.75. The molecular formula is C19H12FN3O3S. The summed E-state index contributed by atoms with van der Waals surface area (Å²) in [5.74, 6) is -1.60. The zero-order valence-corrected chi connectivity index (χ0v) is 14.6. The Kier molecular flexibility index (Phi) is 4.47. The predicted octanol–water partition coefficient (Wildman–Crippen LogP) is 3.78. The van der Waals surface area contributed by atoms with Crippen LogP contribution in [0.25, 0.3) is 21.1 Å². The number of pyridine rings is 1. The van der Waals surface area contributed by atoms with Crippen molar-refractivity contribution in [3.8, 4) is 0 Å². The standard InChI is InChI=1S/C19H12FN3O3S/c20-12-6-8-14-16(9-12)27-19(22-14)23-17(24)10-26-18(25)15-7-5-11-3-1-2-4-13(11)21-15/h1-9H,10H2,(H,22,23,24). The number of nitrogens with zero attached hydrogens (tertiary/aromatic N) is 2. The Morgan fingerprint density at radius 2 is 1.89 bits per heavy atom. The van der Waals surface area contributed by atoms with Crippen LogP contribution in [-0.2, 0) is 9.53 Å². The van der Waals surface area contributed by atoms with Gasteiger partial charge in [-0.15, -0.1) is 0 Å². The number of carbonyl (C=O) groups is 2. The molecule has 0 aliphatic carbocycles. The zero-order valence-electron chi connectivity index (χ0n) is 13.8. The molecule has 0 aliphatic heterocycles. The molecule has 0 radical (unpaired) electrons. The van der Waals surface area contributed by atoms with Gasteiger partial charge in [0, 0.05) is 5.39 Å². The summed E-state index contributed by atoms with van der Waals surface area (Å²) in [6.45, 7) is -0.475. The first-order valence-electron chi connectivity index (χ1n) is 7.97. The first-order chi connectivity index (χ1) is 13.1. The van der Waals surface area contributed by atoms with Gasteiger partial charge >= 0.3 is 5.97 Å². The van der Waals surface area contributed by atoms with Gasteiger partial charge in [-0.3, -0.25) is 10.1 Å². The number of aromatic nitrogens is 2. The van der Waals surface area contributed by atoms with Crippen molar-refractivity contribution in [2.75, 3.05) is 11.9 Å². The summed E-state index contributed by atoms with van der Waals surface area (Å²) in [6, 6.07) is 14.8. The summed E-state index contributed by atoms with van der Waals surface area (Å²) in [6.07, 6.45) is 0. The van der Waals surface area contributed by atoms with Crippen LogP contribution in [0.15, 0.2) is 54.6 Å². The number of fused-ring (bicyclic) bond motifs is 2. The lowest BCUT2D eigenvalue weighted by molar-refractivity contribution is -0.119. The molecule has 0 saturated carbocycles. The van der Waals surface area contributed by atoms with Crippen molar-refractivity contribution < 1.29 is 18.7 Å². The van der Waals surface area contributed by atoms with Gasteiger partial charge in [0.1, 0.15) is 11.5 Å². The van der Waals surface area contributed by atoms with Crippen LogP contribution in [0.3, 0.4) is 0 Å². The highest BCUT2D eigenvalue weighted by Crippen LogP contribution is 2.26. The fourth-order valence-electron chi connectivity index (χ4n) is 2.49. The van der Waals surface area contributed by atoms with Crippen LogP contribution in [0.5, 0.6) is 0 Å². The summed E-state index contributed by atoms with van der Waals surface area (Å²) >= 11 is 1.14. The Bertz CT molecular complexity index is 1180. The fraction of sp³-hybridized carbons (Fsp3) is 0.0526. The molecular weight excluding hydrogens is 369 g/mol. The SMILES string of the molecule is O=C(COC(=O)c1ccc2ccccc2n1)Nc1nc2ccc(F)cc2s1. The molecule has 0 aliphatic rings. The molecule has 0 unspecified atom stereocenters. The molecule has 1 amide bonds. The van der Waals surface area contributed by atoms with Crippen molar-refractivity contribution in [3.05, 3.63) is 66.1 Å². The average molecular weight is 381 g/mol. The molecule has 0 atom stereocenters. The van der Waals surface area contributed by atoms with E-state index in [4.69, 9.17) is 4.74 Å². The van der Waals surface area contributed by atoms with E-state index in [1.54, 1.807) is 18.2 Å². The van der Waals surface area contributed by atoms with Gasteiger partial charge in [-0.1, -0.05) is 35.6 Å². The Hall–Kier alpha value is -3.39. The molecule has 6 nitrogen and oxygen atoms in total. The summed E-state index contributed by atoms with van der Waals surface area (Å²) in [4.78, 5) is 32.5. The number of thiazole rings is 1. The molecule has 0 spiro atoms. The maximum Gasteiger partial charge on any atom is 0.357 e. The highest BCUT2D eigenvalue weighted by molar-refractivity contribution is 7.22. The molecule has 0 fully saturated rings. The second-order valence-corrected chi connectivity index (χ2v) is 6.68. The average Bonchev–Trinajstić information content (AvgIpc) is 3.06. The number of rotatable bonds is 4. The number of para-hydroxylation sites is 1. The molecule has 1 N–H and O–H groups in total. The lowest BCUT2D eigenvalue weighted by Crippen LogP contribution is -2.21. The highest BCUT2D eigenvalue weighted by atomic mass is 32.1. The number of ether oxygens (including phenoxy) is 1. The predicted molar refractivity (Wildman–Crippen MR) is 100 cm³/mol. The first-order valence-corrected chi connectivity index (χ1v) is 8.79. The highest BCUT2D eigenvalue weighted by Gasteiger charge is 2.14. The van der Waals surface area contributed by atoms with Crippen LogP contribution in [0, 0.1) is 5.82 Å². The van der Waals surface area contributed by atoms with Gasteiger partial charge in [-0.25, -0.2) is 19.2 Å². The fourth-order valence-corrected chi connectivity index (χ4v) is 3.40. The summed E-state index contributed by atoms with van der Waals surface area (Å²) in [5.41, 5.74) is 1.36. The normalized spacial score (nSPS) is 10.9. The van der Waals surface area contributed by atoms with Gasteiger partial charge in [0.15, 0.2) is 11.7 Å². The zero-order chi connectivity index (χ0) is 18.8. The molecule has 2 aromatic heterocycles. The van der Waals surface area contributed by atoms with Crippen molar-refractivity contribution in [1.29, 1.82) is 0 Å². The van der Waals surface area contributed by atoms with Crippen LogP contribution in [0.4, 0.5) is 9.52 Å². The Labute approximate surface area is 156 Å². The Balaban J connectivity index is 1.39. The van der Waals surface area contributed by atoms with Crippen molar-refractivity contribution >= 4 is 49.5 Å². The van der Waals surface area contributed by atoms with Crippen molar-refractivity contribution in [2.45, 2.75) is 0 Å². The summed E-state index contributed by atoms with van der Waals surface area (Å²) < 4.78 is 18.8. The third-order valence-corrected chi connectivity index (χ3v) is 4.67. The molecule has 27 heavy (non-hydrogen) atoms. The minimum atomic E-state index is -0.692. The Morgan fingerprint density at radius 3 is 2.78 bits per heavy atom. The van der Waals surface area contributed by atoms with Crippen LogP contribution in [0.1, 0.15) is 10.5 Å². The minimum Gasteiger partial charge on any atom is -0.451 e. The molecule has 0 saturated heterocycles. The largest absolute Gasteiger partial charge is 0.451 e.